The first-order valence-electron chi connectivity index (χ1n) is 18.3. The highest BCUT2D eigenvalue weighted by atomic mass is 35.5. The van der Waals surface area contributed by atoms with E-state index in [0.717, 1.165) is 101 Å². The molecule has 1 aliphatic carbocycles. The number of ether oxygens (including phenoxy) is 1. The molecule has 49 heavy (non-hydrogen) atoms. The molecule has 5 atom stereocenters. The van der Waals surface area contributed by atoms with Crippen LogP contribution in [0.1, 0.15) is 87.2 Å². The summed E-state index contributed by atoms with van der Waals surface area (Å²) in [4.78, 5) is 32.4. The number of fused-ring (bicyclic) bond motifs is 3. The molecule has 2 fully saturated rings. The third-order valence-corrected chi connectivity index (χ3v) is 14.0. The van der Waals surface area contributed by atoms with E-state index in [1.165, 1.54) is 18.4 Å². The Labute approximate surface area is 297 Å². The van der Waals surface area contributed by atoms with Crippen LogP contribution in [0.15, 0.2) is 36.4 Å². The largest absolute Gasteiger partial charge is 0.487 e. The molecule has 1 saturated heterocycles. The first-order chi connectivity index (χ1) is 23.5. The Hall–Kier alpha value is -2.82. The minimum atomic E-state index is -3.89. The molecule has 3 heterocycles. The molecule has 1 saturated carbocycles. The van der Waals surface area contributed by atoms with Crippen molar-refractivity contribution in [3.8, 4) is 5.75 Å². The van der Waals surface area contributed by atoms with Gasteiger partial charge in [-0.1, -0.05) is 31.0 Å². The Morgan fingerprint density at radius 2 is 1.73 bits per heavy atom. The van der Waals surface area contributed by atoms with Crippen LogP contribution in [-0.4, -0.2) is 81.1 Å². The van der Waals surface area contributed by atoms with Gasteiger partial charge in [-0.25, -0.2) is 13.1 Å². The van der Waals surface area contributed by atoms with Crippen LogP contribution in [0.4, 0.5) is 5.69 Å². The van der Waals surface area contributed by atoms with Crippen LogP contribution in [0.2, 0.25) is 5.02 Å². The topological polar surface area (TPSA) is 99.3 Å². The number of nitrogens with zero attached hydrogens (tertiary/aromatic N) is 3. The molecule has 6 rings (SSSR count). The standard InChI is InChI=1S/C38H53ClN4O5S/c1-26-7-6-9-31(23-41-17-19-42(20-18-41)28(3)44)35-14-11-32(35)24-43-16-5-4-8-29-21-34(39)13-10-33(29)25-48-37-15-12-30(22-36(37)43)38(45)40-49(46,47)27(26)2/h10,12-13,15,21-22,26-27,31-32,35H,4-9,11,14,16-20,23-25H2,1-3H3,(H,40,45)/t26-,27+,31+,32-,35-/m0/s1. The molecule has 9 nitrogen and oxygen atoms in total. The molecule has 2 bridgehead atoms. The van der Waals surface area contributed by atoms with Gasteiger partial charge >= 0.3 is 0 Å². The summed E-state index contributed by atoms with van der Waals surface area (Å²) in [5, 5.41) is 0.0212. The highest BCUT2D eigenvalue weighted by Crippen LogP contribution is 2.44. The average molecular weight is 713 g/mol. The molecule has 2 aromatic carbocycles. The molecule has 2 aromatic rings. The molecule has 3 aliphatic heterocycles. The average Bonchev–Trinajstić information content (AvgIpc) is 3.09. The van der Waals surface area contributed by atoms with E-state index in [1.54, 1.807) is 19.9 Å². The normalized spacial score (nSPS) is 28.5. The summed E-state index contributed by atoms with van der Waals surface area (Å²) in [6, 6.07) is 11.3. The molecule has 11 heteroatoms. The maximum absolute atomic E-state index is 13.5. The minimum Gasteiger partial charge on any atom is -0.487 e. The Balaban J connectivity index is 1.32. The second kappa shape index (κ2) is 15.6. The van der Waals surface area contributed by atoms with Crippen LogP contribution in [0.3, 0.4) is 0 Å². The lowest BCUT2D eigenvalue weighted by molar-refractivity contribution is -0.130. The van der Waals surface area contributed by atoms with Gasteiger partial charge in [0.2, 0.25) is 15.9 Å². The van der Waals surface area contributed by atoms with Gasteiger partial charge in [-0.05, 0) is 117 Å². The van der Waals surface area contributed by atoms with E-state index in [9.17, 15) is 18.0 Å². The number of hydrogen-bond acceptors (Lipinski definition) is 7. The van der Waals surface area contributed by atoms with Crippen molar-refractivity contribution in [2.75, 3.05) is 50.7 Å². The van der Waals surface area contributed by atoms with E-state index in [2.05, 4.69) is 14.5 Å². The number of sulfonamides is 1. The monoisotopic (exact) mass is 712 g/mol. The van der Waals surface area contributed by atoms with Gasteiger partial charge in [0, 0.05) is 63.3 Å². The number of aryl methyl sites for hydroxylation is 1. The number of rotatable bonds is 2. The van der Waals surface area contributed by atoms with Gasteiger partial charge < -0.3 is 14.5 Å². The number of amides is 2. The molecular weight excluding hydrogens is 660 g/mol. The first kappa shape index (κ1) is 36.0. The summed E-state index contributed by atoms with van der Waals surface area (Å²) in [7, 11) is -3.89. The van der Waals surface area contributed by atoms with Crippen molar-refractivity contribution in [2.45, 2.75) is 84.0 Å². The lowest BCUT2D eigenvalue weighted by Crippen LogP contribution is -2.51. The number of benzene rings is 2. The van der Waals surface area contributed by atoms with Gasteiger partial charge in [0.05, 0.1) is 10.9 Å². The molecule has 0 radical (unpaired) electrons. The van der Waals surface area contributed by atoms with E-state index < -0.39 is 21.2 Å². The Morgan fingerprint density at radius 1 is 0.939 bits per heavy atom. The van der Waals surface area contributed by atoms with E-state index in [4.69, 9.17) is 16.3 Å². The molecule has 0 aromatic heterocycles. The lowest BCUT2D eigenvalue weighted by Gasteiger charge is -2.47. The third-order valence-electron chi connectivity index (χ3n) is 11.8. The van der Waals surface area contributed by atoms with E-state index in [-0.39, 0.29) is 11.8 Å². The summed E-state index contributed by atoms with van der Waals surface area (Å²) < 4.78 is 35.9. The van der Waals surface area contributed by atoms with Crippen molar-refractivity contribution in [1.82, 2.24) is 14.5 Å². The van der Waals surface area contributed by atoms with Gasteiger partial charge in [-0.3, -0.25) is 14.5 Å². The van der Waals surface area contributed by atoms with Crippen molar-refractivity contribution in [2.24, 2.45) is 23.7 Å². The zero-order chi connectivity index (χ0) is 34.7. The molecule has 0 unspecified atom stereocenters. The smallest absolute Gasteiger partial charge is 0.264 e. The second-order valence-electron chi connectivity index (χ2n) is 14.9. The highest BCUT2D eigenvalue weighted by Gasteiger charge is 2.39. The van der Waals surface area contributed by atoms with Gasteiger partial charge in [-0.15, -0.1) is 0 Å². The predicted octanol–water partition coefficient (Wildman–Crippen LogP) is 6.14. The highest BCUT2D eigenvalue weighted by molar-refractivity contribution is 7.90. The summed E-state index contributed by atoms with van der Waals surface area (Å²) in [5.41, 5.74) is 3.46. The number of halogens is 1. The predicted molar refractivity (Wildman–Crippen MR) is 195 cm³/mol. The lowest BCUT2D eigenvalue weighted by atomic mass is 9.65. The number of anilines is 1. The van der Waals surface area contributed by atoms with Crippen LogP contribution in [0, 0.1) is 23.7 Å². The fourth-order valence-corrected chi connectivity index (χ4v) is 9.85. The summed E-state index contributed by atoms with van der Waals surface area (Å²) in [6.07, 6.45) is 8.02. The van der Waals surface area contributed by atoms with Crippen LogP contribution >= 0.6 is 11.6 Å². The zero-order valence-corrected chi connectivity index (χ0v) is 30.9. The number of carbonyl (C=O) groups excluding carboxylic acids is 2. The number of hydrogen-bond donors (Lipinski definition) is 1. The van der Waals surface area contributed by atoms with Crippen molar-refractivity contribution >= 4 is 39.1 Å². The van der Waals surface area contributed by atoms with Crippen LogP contribution < -0.4 is 14.4 Å². The summed E-state index contributed by atoms with van der Waals surface area (Å²) in [6.45, 7) is 11.8. The Morgan fingerprint density at radius 3 is 2.47 bits per heavy atom. The van der Waals surface area contributed by atoms with E-state index in [0.29, 0.717) is 35.7 Å². The van der Waals surface area contributed by atoms with Gasteiger partial charge in [0.25, 0.3) is 5.91 Å². The first-order valence-corrected chi connectivity index (χ1v) is 20.2. The quantitative estimate of drug-likeness (QED) is 0.400. The van der Waals surface area contributed by atoms with Gasteiger partial charge in [0.1, 0.15) is 12.4 Å². The molecular formula is C38H53ClN4O5S. The second-order valence-corrected chi connectivity index (χ2v) is 17.4. The van der Waals surface area contributed by atoms with Crippen molar-refractivity contribution < 1.29 is 22.7 Å². The molecule has 0 spiro atoms. The van der Waals surface area contributed by atoms with Crippen molar-refractivity contribution in [3.05, 3.63) is 58.1 Å². The maximum Gasteiger partial charge on any atom is 0.264 e. The van der Waals surface area contributed by atoms with Gasteiger partial charge in [-0.2, -0.15) is 0 Å². The van der Waals surface area contributed by atoms with E-state index >= 15 is 0 Å². The SMILES string of the molecule is CC(=O)N1CCN(C[C@H]2CCC[C@H](C)[C@@H](C)S(=O)(=O)NC(=O)c3ccc4c(c3)N(CCCCc3cc(Cl)ccc3CO4)C[C@@H]3CC[C@@H]23)CC1. The summed E-state index contributed by atoms with van der Waals surface area (Å²) >= 11 is 6.38. The number of piperazine rings is 1. The number of carbonyl (C=O) groups is 2. The van der Waals surface area contributed by atoms with Gasteiger partial charge in [0.15, 0.2) is 0 Å². The Bertz CT molecular complexity index is 1610. The summed E-state index contributed by atoms with van der Waals surface area (Å²) in [5.74, 6) is 1.72. The molecule has 268 valence electrons. The minimum absolute atomic E-state index is 0.0933. The van der Waals surface area contributed by atoms with Crippen LogP contribution in [0.25, 0.3) is 0 Å². The third kappa shape index (κ3) is 8.56. The van der Waals surface area contributed by atoms with Crippen molar-refractivity contribution in [3.63, 3.8) is 0 Å². The fraction of sp³-hybridized carbons (Fsp3) is 0.632. The van der Waals surface area contributed by atoms with E-state index in [1.807, 2.05) is 42.2 Å². The molecule has 1 N–H and O–H groups in total. The fourth-order valence-electron chi connectivity index (χ4n) is 8.35. The zero-order valence-electron chi connectivity index (χ0n) is 29.3. The van der Waals surface area contributed by atoms with Crippen LogP contribution in [-0.2, 0) is 27.8 Å². The molecule has 4 aliphatic rings. The molecule has 2 amide bonds. The number of nitrogens with one attached hydrogen (secondary N) is 1. The Kier molecular flexibility index (Phi) is 11.5. The van der Waals surface area contributed by atoms with Crippen molar-refractivity contribution in [1.29, 1.82) is 0 Å². The van der Waals surface area contributed by atoms with Crippen LogP contribution in [0.5, 0.6) is 5.75 Å². The maximum atomic E-state index is 13.5.